The molecule has 0 aliphatic carbocycles. The molecule has 3 N–H and O–H groups in total. The van der Waals surface area contributed by atoms with Crippen LogP contribution < -0.4 is 15.5 Å². The van der Waals surface area contributed by atoms with Gasteiger partial charge >= 0.3 is 6.03 Å². The molecule has 0 fully saturated rings. The summed E-state index contributed by atoms with van der Waals surface area (Å²) in [7, 11) is 1.93. The van der Waals surface area contributed by atoms with Gasteiger partial charge < -0.3 is 10.2 Å². The third-order valence-electron chi connectivity index (χ3n) is 2.83. The van der Waals surface area contributed by atoms with Crippen molar-refractivity contribution in [3.05, 3.63) is 35.4 Å². The SMILES string of the molecule is Cc1ccc(C[NH+](C)CC(=O)NC(=O)NC(C)(C)C)cc1. The second kappa shape index (κ2) is 7.22. The summed E-state index contributed by atoms with van der Waals surface area (Å²) in [5.74, 6) is -0.277. The minimum Gasteiger partial charge on any atom is -0.333 e. The molecule has 0 bridgehead atoms. The van der Waals surface area contributed by atoms with Crippen LogP contribution in [0.3, 0.4) is 0 Å². The number of imide groups is 1. The topological polar surface area (TPSA) is 62.6 Å². The minimum atomic E-state index is -0.448. The molecule has 0 spiro atoms. The van der Waals surface area contributed by atoms with Crippen LogP contribution in [-0.4, -0.2) is 31.1 Å². The van der Waals surface area contributed by atoms with Gasteiger partial charge in [-0.15, -0.1) is 0 Å². The number of urea groups is 1. The Morgan fingerprint density at radius 2 is 1.71 bits per heavy atom. The highest BCUT2D eigenvalue weighted by atomic mass is 16.2. The van der Waals surface area contributed by atoms with Gasteiger partial charge in [0.15, 0.2) is 6.54 Å². The van der Waals surface area contributed by atoms with E-state index in [4.69, 9.17) is 0 Å². The molecule has 1 aromatic rings. The first-order valence-electron chi connectivity index (χ1n) is 7.14. The van der Waals surface area contributed by atoms with Gasteiger partial charge in [-0.3, -0.25) is 10.1 Å². The van der Waals surface area contributed by atoms with E-state index in [2.05, 4.69) is 34.9 Å². The summed E-state index contributed by atoms with van der Waals surface area (Å²) in [6, 6.07) is 7.78. The molecule has 0 saturated carbocycles. The molecule has 0 aromatic heterocycles. The van der Waals surface area contributed by atoms with Crippen molar-refractivity contribution < 1.29 is 14.5 Å². The summed E-state index contributed by atoms with van der Waals surface area (Å²) >= 11 is 0. The lowest BCUT2D eigenvalue weighted by atomic mass is 10.1. The van der Waals surface area contributed by atoms with Crippen molar-refractivity contribution in [1.29, 1.82) is 0 Å². The quantitative estimate of drug-likeness (QED) is 0.762. The zero-order valence-electron chi connectivity index (χ0n) is 13.5. The fourth-order valence-electron chi connectivity index (χ4n) is 1.93. The molecule has 1 unspecified atom stereocenters. The second-order valence-corrected chi connectivity index (χ2v) is 6.55. The van der Waals surface area contributed by atoms with E-state index in [0.717, 1.165) is 11.4 Å². The molecule has 0 aliphatic heterocycles. The number of quaternary nitrogens is 1. The van der Waals surface area contributed by atoms with Crippen molar-refractivity contribution in [2.24, 2.45) is 0 Å². The molecular formula is C16H26N3O2+. The van der Waals surface area contributed by atoms with Crippen LogP contribution in [-0.2, 0) is 11.3 Å². The van der Waals surface area contributed by atoms with Gasteiger partial charge in [0.2, 0.25) is 0 Å². The summed E-state index contributed by atoms with van der Waals surface area (Å²) in [5, 5.41) is 5.05. The summed E-state index contributed by atoms with van der Waals surface area (Å²) in [5.41, 5.74) is 2.03. The van der Waals surface area contributed by atoms with Gasteiger partial charge in [-0.25, -0.2) is 4.79 Å². The number of aryl methyl sites for hydroxylation is 1. The van der Waals surface area contributed by atoms with Crippen molar-refractivity contribution in [2.45, 2.75) is 39.8 Å². The number of likely N-dealkylation sites (N-methyl/N-ethyl adjacent to an activating group) is 1. The smallest absolute Gasteiger partial charge is 0.322 e. The normalized spacial score (nSPS) is 12.6. The lowest BCUT2D eigenvalue weighted by Crippen LogP contribution is -3.09. The summed E-state index contributed by atoms with van der Waals surface area (Å²) in [4.78, 5) is 24.4. The lowest BCUT2D eigenvalue weighted by molar-refractivity contribution is -0.885. The Bertz CT molecular complexity index is 489. The Balaban J connectivity index is 2.40. The Morgan fingerprint density at radius 1 is 1.14 bits per heavy atom. The van der Waals surface area contributed by atoms with E-state index in [0.29, 0.717) is 0 Å². The number of hydrogen-bond acceptors (Lipinski definition) is 2. The maximum absolute atomic E-state index is 11.8. The summed E-state index contributed by atoms with van der Waals surface area (Å²) < 4.78 is 0. The maximum atomic E-state index is 11.8. The van der Waals surface area contributed by atoms with Crippen LogP contribution in [0.15, 0.2) is 24.3 Å². The highest BCUT2D eigenvalue weighted by Crippen LogP contribution is 2.01. The summed E-state index contributed by atoms with van der Waals surface area (Å²) in [6.45, 7) is 8.64. The fraction of sp³-hybridized carbons (Fsp3) is 0.500. The van der Waals surface area contributed by atoms with E-state index in [1.54, 1.807) is 0 Å². The minimum absolute atomic E-state index is 0.255. The molecule has 0 radical (unpaired) electrons. The molecule has 1 aromatic carbocycles. The summed E-state index contributed by atoms with van der Waals surface area (Å²) in [6.07, 6.45) is 0. The van der Waals surface area contributed by atoms with Crippen molar-refractivity contribution in [2.75, 3.05) is 13.6 Å². The van der Waals surface area contributed by atoms with Crippen LogP contribution in [0.5, 0.6) is 0 Å². The van der Waals surface area contributed by atoms with Crippen LogP contribution in [0.2, 0.25) is 0 Å². The van der Waals surface area contributed by atoms with Gasteiger partial charge in [0.1, 0.15) is 6.54 Å². The molecule has 0 saturated heterocycles. The van der Waals surface area contributed by atoms with Gasteiger partial charge in [-0.1, -0.05) is 29.8 Å². The van der Waals surface area contributed by atoms with Gasteiger partial charge in [-0.2, -0.15) is 0 Å². The lowest BCUT2D eigenvalue weighted by Gasteiger charge is -2.20. The highest BCUT2D eigenvalue weighted by Gasteiger charge is 2.17. The van der Waals surface area contributed by atoms with Crippen molar-refractivity contribution in [3.8, 4) is 0 Å². The average molecular weight is 292 g/mol. The van der Waals surface area contributed by atoms with Crippen molar-refractivity contribution in [3.63, 3.8) is 0 Å². The van der Waals surface area contributed by atoms with Gasteiger partial charge in [0, 0.05) is 11.1 Å². The van der Waals surface area contributed by atoms with Crippen LogP contribution in [0, 0.1) is 6.92 Å². The number of carbonyl (C=O) groups excluding carboxylic acids is 2. The largest absolute Gasteiger partial charge is 0.333 e. The first-order valence-corrected chi connectivity index (χ1v) is 7.14. The first-order chi connectivity index (χ1) is 9.65. The number of rotatable bonds is 4. The first kappa shape index (κ1) is 17.2. The Morgan fingerprint density at radius 3 is 2.24 bits per heavy atom. The van der Waals surface area contributed by atoms with Gasteiger partial charge in [0.05, 0.1) is 7.05 Å². The molecule has 1 atom stereocenters. The highest BCUT2D eigenvalue weighted by molar-refractivity contribution is 5.94. The Kier molecular flexibility index (Phi) is 5.90. The molecule has 21 heavy (non-hydrogen) atoms. The molecule has 3 amide bonds. The number of nitrogens with one attached hydrogen (secondary N) is 3. The van der Waals surface area contributed by atoms with Crippen LogP contribution in [0.25, 0.3) is 0 Å². The predicted molar refractivity (Wildman–Crippen MR) is 83.1 cm³/mol. The van der Waals surface area contributed by atoms with E-state index in [9.17, 15) is 9.59 Å². The third-order valence-corrected chi connectivity index (χ3v) is 2.83. The molecule has 5 nitrogen and oxygen atoms in total. The van der Waals surface area contributed by atoms with Gasteiger partial charge in [0.25, 0.3) is 5.91 Å². The Labute approximate surface area is 126 Å². The maximum Gasteiger partial charge on any atom is 0.322 e. The molecular weight excluding hydrogens is 266 g/mol. The number of amides is 3. The van der Waals surface area contributed by atoms with E-state index < -0.39 is 6.03 Å². The third kappa shape index (κ3) is 7.46. The molecule has 116 valence electrons. The fourth-order valence-corrected chi connectivity index (χ4v) is 1.93. The standard InChI is InChI=1S/C16H25N3O2/c1-12-6-8-13(9-7-12)10-19(5)11-14(20)17-15(21)18-16(2,3)4/h6-9H,10-11H2,1-5H3,(H2,17,18,20,21)/p+1. The van der Waals surface area contributed by atoms with E-state index >= 15 is 0 Å². The molecule has 5 heteroatoms. The van der Waals surface area contributed by atoms with Gasteiger partial charge in [-0.05, 0) is 27.7 Å². The van der Waals surface area contributed by atoms with Crippen molar-refractivity contribution in [1.82, 2.24) is 10.6 Å². The zero-order chi connectivity index (χ0) is 16.0. The van der Waals surface area contributed by atoms with Crippen LogP contribution >= 0.6 is 0 Å². The monoisotopic (exact) mass is 292 g/mol. The Hall–Kier alpha value is -1.88. The van der Waals surface area contributed by atoms with E-state index in [-0.39, 0.29) is 18.0 Å². The number of benzene rings is 1. The van der Waals surface area contributed by atoms with E-state index in [1.165, 1.54) is 11.1 Å². The predicted octanol–water partition coefficient (Wildman–Crippen LogP) is 0.634. The number of carbonyl (C=O) groups is 2. The van der Waals surface area contributed by atoms with E-state index in [1.807, 2.05) is 34.7 Å². The number of hydrogen-bond donors (Lipinski definition) is 3. The molecule has 0 heterocycles. The molecule has 0 aliphatic rings. The zero-order valence-corrected chi connectivity index (χ0v) is 13.5. The van der Waals surface area contributed by atoms with Crippen molar-refractivity contribution >= 4 is 11.9 Å². The second-order valence-electron chi connectivity index (χ2n) is 6.55. The van der Waals surface area contributed by atoms with Crippen LogP contribution in [0.1, 0.15) is 31.9 Å². The average Bonchev–Trinajstić information content (AvgIpc) is 2.28. The molecule has 1 rings (SSSR count). The van der Waals surface area contributed by atoms with Crippen LogP contribution in [0.4, 0.5) is 4.79 Å².